The van der Waals surface area contributed by atoms with Crippen LogP contribution in [-0.2, 0) is 9.53 Å². The van der Waals surface area contributed by atoms with E-state index < -0.39 is 0 Å². The Hall–Kier alpha value is -2.90. The van der Waals surface area contributed by atoms with Gasteiger partial charge in [0.2, 0.25) is 0 Å². The van der Waals surface area contributed by atoms with Gasteiger partial charge in [-0.05, 0) is 44.9 Å². The number of nitrogens with one attached hydrogen (secondary N) is 1. The lowest BCUT2D eigenvalue weighted by atomic mass is 10.1. The van der Waals surface area contributed by atoms with E-state index in [4.69, 9.17) is 9.47 Å². The summed E-state index contributed by atoms with van der Waals surface area (Å²) in [6.07, 6.45) is 0. The Morgan fingerprint density at radius 3 is 2.57 bits per heavy atom. The molecule has 30 heavy (non-hydrogen) atoms. The van der Waals surface area contributed by atoms with Gasteiger partial charge in [-0.25, -0.2) is 0 Å². The third kappa shape index (κ3) is 4.47. The van der Waals surface area contributed by atoms with Crippen molar-refractivity contribution in [1.29, 1.82) is 0 Å². The van der Waals surface area contributed by atoms with Crippen molar-refractivity contribution in [3.8, 4) is 5.75 Å². The van der Waals surface area contributed by atoms with E-state index in [1.807, 2.05) is 36.4 Å². The van der Waals surface area contributed by atoms with Gasteiger partial charge in [-0.2, -0.15) is 0 Å². The number of hydrogen-bond acceptors (Lipinski definition) is 4. The maximum atomic E-state index is 12.8. The largest absolute Gasteiger partial charge is 0.483 e. The van der Waals surface area contributed by atoms with E-state index in [-0.39, 0.29) is 18.4 Å². The highest BCUT2D eigenvalue weighted by Crippen LogP contribution is 2.33. The average molecular weight is 469 g/mol. The first-order valence-corrected chi connectivity index (χ1v) is 10.5. The smallest absolute Gasteiger partial charge is 0.262 e. The van der Waals surface area contributed by atoms with Crippen LogP contribution in [0.25, 0.3) is 10.8 Å². The number of benzene rings is 3. The SMILES string of the molecule is O=C(COc1ccc2ccccc2c1Br)Nc1ccccc1C(=O)N1CCOCC1. The third-order valence-electron chi connectivity index (χ3n) is 4.92. The van der Waals surface area contributed by atoms with Crippen LogP contribution >= 0.6 is 15.9 Å². The van der Waals surface area contributed by atoms with Crippen molar-refractivity contribution < 1.29 is 19.1 Å². The number of nitrogens with zero attached hydrogens (tertiary/aromatic N) is 1. The summed E-state index contributed by atoms with van der Waals surface area (Å²) in [5.74, 6) is 0.131. The molecule has 0 spiro atoms. The van der Waals surface area contributed by atoms with Crippen molar-refractivity contribution >= 4 is 44.2 Å². The van der Waals surface area contributed by atoms with Crippen LogP contribution in [0.1, 0.15) is 10.4 Å². The molecule has 1 N–H and O–H groups in total. The second kappa shape index (κ2) is 9.28. The molecule has 7 heteroatoms. The van der Waals surface area contributed by atoms with Crippen molar-refractivity contribution in [3.05, 3.63) is 70.7 Å². The van der Waals surface area contributed by atoms with Crippen LogP contribution in [0.2, 0.25) is 0 Å². The predicted molar refractivity (Wildman–Crippen MR) is 119 cm³/mol. The Morgan fingerprint density at radius 1 is 1.00 bits per heavy atom. The molecule has 1 saturated heterocycles. The summed E-state index contributed by atoms with van der Waals surface area (Å²) in [5, 5.41) is 4.89. The first-order chi connectivity index (χ1) is 14.6. The fourth-order valence-corrected chi connectivity index (χ4v) is 3.98. The van der Waals surface area contributed by atoms with Crippen LogP contribution < -0.4 is 10.1 Å². The first kappa shape index (κ1) is 20.4. The van der Waals surface area contributed by atoms with Gasteiger partial charge < -0.3 is 19.7 Å². The molecular weight excluding hydrogens is 448 g/mol. The fourth-order valence-electron chi connectivity index (χ4n) is 3.37. The Balaban J connectivity index is 1.44. The van der Waals surface area contributed by atoms with Crippen LogP contribution in [0.4, 0.5) is 5.69 Å². The minimum absolute atomic E-state index is 0.118. The van der Waals surface area contributed by atoms with E-state index in [1.54, 1.807) is 29.2 Å². The Bertz CT molecular complexity index is 1080. The normalized spacial score (nSPS) is 13.8. The molecule has 0 aromatic heterocycles. The highest BCUT2D eigenvalue weighted by Gasteiger charge is 2.21. The predicted octanol–water partition coefficient (Wildman–Crippen LogP) is 4.09. The first-order valence-electron chi connectivity index (χ1n) is 9.69. The van der Waals surface area contributed by atoms with Crippen LogP contribution in [0.15, 0.2) is 65.1 Å². The highest BCUT2D eigenvalue weighted by atomic mass is 79.9. The lowest BCUT2D eigenvalue weighted by Gasteiger charge is -2.27. The summed E-state index contributed by atoms with van der Waals surface area (Å²) in [6, 6.07) is 18.7. The maximum absolute atomic E-state index is 12.8. The van der Waals surface area contributed by atoms with Gasteiger partial charge in [0.25, 0.3) is 11.8 Å². The molecule has 0 aliphatic carbocycles. The Kier molecular flexibility index (Phi) is 6.30. The summed E-state index contributed by atoms with van der Waals surface area (Å²) < 4.78 is 11.8. The quantitative estimate of drug-likeness (QED) is 0.612. The molecule has 3 aromatic carbocycles. The fraction of sp³-hybridized carbons (Fsp3) is 0.217. The minimum atomic E-state index is -0.336. The molecule has 154 valence electrons. The second-order valence-corrected chi connectivity index (χ2v) is 7.68. The van der Waals surface area contributed by atoms with Crippen LogP contribution in [0, 0.1) is 0 Å². The van der Waals surface area contributed by atoms with Crippen molar-refractivity contribution in [3.63, 3.8) is 0 Å². The number of para-hydroxylation sites is 1. The summed E-state index contributed by atoms with van der Waals surface area (Å²) in [5.41, 5.74) is 0.930. The molecule has 6 nitrogen and oxygen atoms in total. The molecular formula is C23H21BrN2O4. The highest BCUT2D eigenvalue weighted by molar-refractivity contribution is 9.10. The van der Waals surface area contributed by atoms with E-state index in [1.165, 1.54) is 0 Å². The number of amides is 2. The molecule has 1 aliphatic heterocycles. The van der Waals surface area contributed by atoms with Crippen molar-refractivity contribution in [2.75, 3.05) is 38.2 Å². The van der Waals surface area contributed by atoms with Crippen molar-refractivity contribution in [2.45, 2.75) is 0 Å². The molecule has 3 aromatic rings. The van der Waals surface area contributed by atoms with Crippen molar-refractivity contribution in [1.82, 2.24) is 4.90 Å². The molecule has 1 aliphatic rings. The molecule has 1 fully saturated rings. The van der Waals surface area contributed by atoms with E-state index in [0.717, 1.165) is 15.2 Å². The van der Waals surface area contributed by atoms with Gasteiger partial charge in [0.15, 0.2) is 6.61 Å². The van der Waals surface area contributed by atoms with E-state index in [2.05, 4.69) is 21.2 Å². The number of anilines is 1. The lowest BCUT2D eigenvalue weighted by molar-refractivity contribution is -0.118. The number of carbonyl (C=O) groups is 2. The van der Waals surface area contributed by atoms with Gasteiger partial charge in [0.1, 0.15) is 5.75 Å². The van der Waals surface area contributed by atoms with Crippen LogP contribution in [-0.4, -0.2) is 49.6 Å². The molecule has 2 amide bonds. The van der Waals surface area contributed by atoms with Crippen LogP contribution in [0.5, 0.6) is 5.75 Å². The number of morpholine rings is 1. The third-order valence-corrected chi connectivity index (χ3v) is 5.73. The van der Waals surface area contributed by atoms with Crippen molar-refractivity contribution in [2.24, 2.45) is 0 Å². The molecule has 1 heterocycles. The number of fused-ring (bicyclic) bond motifs is 1. The number of hydrogen-bond donors (Lipinski definition) is 1. The zero-order valence-electron chi connectivity index (χ0n) is 16.3. The molecule has 0 atom stereocenters. The molecule has 0 saturated carbocycles. The van der Waals surface area contributed by atoms with Gasteiger partial charge in [0, 0.05) is 13.1 Å². The standard InChI is InChI=1S/C23H21BrN2O4/c24-22-17-6-2-1-5-16(17)9-10-20(22)30-15-21(27)25-19-8-4-3-7-18(19)23(28)26-11-13-29-14-12-26/h1-10H,11-15H2,(H,25,27). The maximum Gasteiger partial charge on any atom is 0.262 e. The molecule has 4 rings (SSSR count). The Labute approximate surface area is 182 Å². The zero-order chi connectivity index (χ0) is 20.9. The lowest BCUT2D eigenvalue weighted by Crippen LogP contribution is -2.41. The van der Waals surface area contributed by atoms with Gasteiger partial charge >= 0.3 is 0 Å². The topological polar surface area (TPSA) is 67.9 Å². The molecule has 0 bridgehead atoms. The van der Waals surface area contributed by atoms with E-state index in [0.29, 0.717) is 43.3 Å². The monoisotopic (exact) mass is 468 g/mol. The second-order valence-electron chi connectivity index (χ2n) is 6.89. The minimum Gasteiger partial charge on any atom is -0.483 e. The molecule has 0 unspecified atom stereocenters. The van der Waals surface area contributed by atoms with E-state index in [9.17, 15) is 9.59 Å². The zero-order valence-corrected chi connectivity index (χ0v) is 17.9. The summed E-state index contributed by atoms with van der Waals surface area (Å²) in [6.45, 7) is 1.96. The Morgan fingerprint density at radius 2 is 1.73 bits per heavy atom. The van der Waals surface area contributed by atoms with E-state index >= 15 is 0 Å². The number of rotatable bonds is 5. The molecule has 0 radical (unpaired) electrons. The number of carbonyl (C=O) groups excluding carboxylic acids is 2. The number of halogens is 1. The number of ether oxygens (including phenoxy) is 2. The summed E-state index contributed by atoms with van der Waals surface area (Å²) >= 11 is 3.56. The summed E-state index contributed by atoms with van der Waals surface area (Å²) in [4.78, 5) is 27.1. The van der Waals surface area contributed by atoms with Gasteiger partial charge in [-0.3, -0.25) is 9.59 Å². The van der Waals surface area contributed by atoms with Gasteiger partial charge in [-0.1, -0.05) is 42.5 Å². The average Bonchev–Trinajstić information content (AvgIpc) is 2.79. The summed E-state index contributed by atoms with van der Waals surface area (Å²) in [7, 11) is 0. The van der Waals surface area contributed by atoms with Gasteiger partial charge in [-0.15, -0.1) is 0 Å². The van der Waals surface area contributed by atoms with Gasteiger partial charge in [0.05, 0.1) is 28.9 Å². The van der Waals surface area contributed by atoms with Crippen LogP contribution in [0.3, 0.4) is 0 Å².